The number of non-ortho nitro benzene ring substituents is 1. The molecular weight excluding hydrogens is 428 g/mol. The predicted molar refractivity (Wildman–Crippen MR) is 119 cm³/mol. The van der Waals surface area contributed by atoms with Crippen LogP contribution >= 0.6 is 0 Å². The van der Waals surface area contributed by atoms with Crippen LogP contribution in [0.5, 0.6) is 0 Å². The highest BCUT2D eigenvalue weighted by Gasteiger charge is 2.24. The molecule has 0 unspecified atom stereocenters. The number of amides is 2. The molecule has 174 valence electrons. The van der Waals surface area contributed by atoms with Gasteiger partial charge in [0.25, 0.3) is 11.6 Å². The van der Waals surface area contributed by atoms with Crippen LogP contribution in [-0.2, 0) is 29.7 Å². The van der Waals surface area contributed by atoms with E-state index in [4.69, 9.17) is 9.15 Å². The Bertz CT molecular complexity index is 1070. The number of hydrogen-bond donors (Lipinski definition) is 0. The van der Waals surface area contributed by atoms with Gasteiger partial charge in [0.1, 0.15) is 12.3 Å². The van der Waals surface area contributed by atoms with Crippen LogP contribution in [0.3, 0.4) is 0 Å². The van der Waals surface area contributed by atoms with Gasteiger partial charge in [0, 0.05) is 50.3 Å². The third-order valence-corrected chi connectivity index (χ3v) is 5.19. The van der Waals surface area contributed by atoms with Gasteiger partial charge in [-0.1, -0.05) is 0 Å². The molecule has 0 fully saturated rings. The van der Waals surface area contributed by atoms with Crippen LogP contribution in [0, 0.1) is 10.1 Å². The van der Waals surface area contributed by atoms with Gasteiger partial charge in [0.15, 0.2) is 0 Å². The summed E-state index contributed by atoms with van der Waals surface area (Å²) < 4.78 is 12.5. The summed E-state index contributed by atoms with van der Waals surface area (Å²) in [5.74, 6) is -0.0474. The Morgan fingerprint density at radius 1 is 1.09 bits per heavy atom. The highest BCUT2D eigenvalue weighted by atomic mass is 16.6. The largest absolute Gasteiger partial charge is 0.467 e. The molecule has 0 saturated carbocycles. The van der Waals surface area contributed by atoms with Crippen molar-refractivity contribution >= 4 is 17.5 Å². The number of furan rings is 1. The average molecular weight is 454 g/mol. The number of carbonyl (C=O) groups excluding carboxylic acids is 2. The monoisotopic (exact) mass is 454 g/mol. The molecule has 2 amide bonds. The first-order chi connectivity index (χ1) is 15.9. The minimum absolute atomic E-state index is 0.113. The summed E-state index contributed by atoms with van der Waals surface area (Å²) in [7, 11) is 3.41. The second-order valence-corrected chi connectivity index (χ2v) is 7.46. The Balaban J connectivity index is 1.79. The third-order valence-electron chi connectivity index (χ3n) is 5.19. The number of benzene rings is 1. The van der Waals surface area contributed by atoms with Gasteiger partial charge < -0.3 is 23.5 Å². The topological polar surface area (TPSA) is 111 Å². The molecule has 2 aromatic heterocycles. The van der Waals surface area contributed by atoms with Crippen LogP contribution in [0.1, 0.15) is 21.8 Å². The molecule has 10 nitrogen and oxygen atoms in total. The first-order valence-corrected chi connectivity index (χ1v) is 10.3. The summed E-state index contributed by atoms with van der Waals surface area (Å²) in [5, 5.41) is 10.9. The van der Waals surface area contributed by atoms with Crippen molar-refractivity contribution in [1.82, 2.24) is 14.4 Å². The molecule has 2 heterocycles. The number of aryl methyl sites for hydroxylation is 1. The molecule has 0 aliphatic rings. The van der Waals surface area contributed by atoms with Crippen molar-refractivity contribution in [2.45, 2.75) is 13.1 Å². The fraction of sp³-hybridized carbons (Fsp3) is 0.304. The van der Waals surface area contributed by atoms with E-state index in [9.17, 15) is 19.7 Å². The van der Waals surface area contributed by atoms with E-state index in [2.05, 4.69) is 0 Å². The first-order valence-electron chi connectivity index (χ1n) is 10.3. The van der Waals surface area contributed by atoms with E-state index < -0.39 is 10.8 Å². The van der Waals surface area contributed by atoms with E-state index in [1.54, 1.807) is 23.3 Å². The number of ether oxygens (including phenoxy) is 1. The van der Waals surface area contributed by atoms with E-state index in [1.807, 2.05) is 29.9 Å². The maximum Gasteiger partial charge on any atom is 0.269 e. The highest BCUT2D eigenvalue weighted by Crippen LogP contribution is 2.15. The first kappa shape index (κ1) is 23.7. The fourth-order valence-corrected chi connectivity index (χ4v) is 3.30. The molecule has 0 atom stereocenters. The van der Waals surface area contributed by atoms with Crippen molar-refractivity contribution in [3.05, 3.63) is 88.1 Å². The van der Waals surface area contributed by atoms with Gasteiger partial charge in [-0.05, 0) is 36.4 Å². The summed E-state index contributed by atoms with van der Waals surface area (Å²) in [4.78, 5) is 39.8. The number of nitrogens with zero attached hydrogens (tertiary/aromatic N) is 4. The average Bonchev–Trinajstić information content (AvgIpc) is 3.47. The zero-order valence-corrected chi connectivity index (χ0v) is 18.5. The van der Waals surface area contributed by atoms with Crippen molar-refractivity contribution < 1.29 is 23.7 Å². The number of nitro benzene ring substituents is 1. The molecule has 33 heavy (non-hydrogen) atoms. The molecular formula is C23H26N4O6. The standard InChI is InChI=1S/C23H26N4O6/c1-24-11-3-5-20(24)15-26(16-21-6-4-13-33-21)22(28)17-25(12-14-32-2)23(29)18-7-9-19(10-8-18)27(30)31/h3-11,13H,12,14-17H2,1-2H3. The quantitative estimate of drug-likeness (QED) is 0.325. The van der Waals surface area contributed by atoms with Crippen LogP contribution in [0.2, 0.25) is 0 Å². The Morgan fingerprint density at radius 2 is 1.85 bits per heavy atom. The summed E-state index contributed by atoms with van der Waals surface area (Å²) in [6.45, 7) is 0.844. The van der Waals surface area contributed by atoms with E-state index in [1.165, 1.54) is 36.3 Å². The minimum atomic E-state index is -0.531. The Hall–Kier alpha value is -3.92. The second kappa shape index (κ2) is 11.1. The van der Waals surface area contributed by atoms with Gasteiger partial charge in [0.05, 0.1) is 30.9 Å². The zero-order chi connectivity index (χ0) is 23.8. The summed E-state index contributed by atoms with van der Waals surface area (Å²) in [6, 6.07) is 12.7. The van der Waals surface area contributed by atoms with Gasteiger partial charge >= 0.3 is 0 Å². The number of rotatable bonds is 11. The molecule has 0 N–H and O–H groups in total. The third kappa shape index (κ3) is 6.30. The Labute approximate surface area is 191 Å². The molecule has 0 radical (unpaired) electrons. The van der Waals surface area contributed by atoms with Crippen LogP contribution in [0.15, 0.2) is 65.4 Å². The number of methoxy groups -OCH3 is 1. The van der Waals surface area contributed by atoms with E-state index in [-0.39, 0.29) is 43.4 Å². The Kier molecular flexibility index (Phi) is 7.98. The van der Waals surface area contributed by atoms with Crippen molar-refractivity contribution in [3.8, 4) is 0 Å². The van der Waals surface area contributed by atoms with E-state index in [0.29, 0.717) is 12.3 Å². The fourth-order valence-electron chi connectivity index (χ4n) is 3.30. The van der Waals surface area contributed by atoms with Crippen LogP contribution in [-0.4, -0.2) is 57.9 Å². The number of aromatic nitrogens is 1. The maximum absolute atomic E-state index is 13.3. The lowest BCUT2D eigenvalue weighted by atomic mass is 10.1. The van der Waals surface area contributed by atoms with Crippen molar-refractivity contribution in [2.75, 3.05) is 26.8 Å². The summed E-state index contributed by atoms with van der Waals surface area (Å²) in [6.07, 6.45) is 3.44. The minimum Gasteiger partial charge on any atom is -0.467 e. The molecule has 0 spiro atoms. The van der Waals surface area contributed by atoms with Crippen molar-refractivity contribution in [1.29, 1.82) is 0 Å². The molecule has 0 saturated heterocycles. The Morgan fingerprint density at radius 3 is 2.42 bits per heavy atom. The lowest BCUT2D eigenvalue weighted by Crippen LogP contribution is -2.43. The van der Waals surface area contributed by atoms with Crippen LogP contribution < -0.4 is 0 Å². The van der Waals surface area contributed by atoms with Gasteiger partial charge in [-0.3, -0.25) is 19.7 Å². The number of carbonyl (C=O) groups is 2. The van der Waals surface area contributed by atoms with Crippen molar-refractivity contribution in [3.63, 3.8) is 0 Å². The van der Waals surface area contributed by atoms with E-state index in [0.717, 1.165) is 5.69 Å². The second-order valence-electron chi connectivity index (χ2n) is 7.46. The normalized spacial score (nSPS) is 10.7. The maximum atomic E-state index is 13.3. The SMILES string of the molecule is COCCN(CC(=O)N(Cc1ccco1)Cc1cccn1C)C(=O)c1ccc([N+](=O)[O-])cc1. The molecule has 0 aliphatic carbocycles. The van der Waals surface area contributed by atoms with Gasteiger partial charge in [0.2, 0.25) is 5.91 Å². The number of nitro groups is 1. The molecule has 3 aromatic rings. The number of hydrogen-bond acceptors (Lipinski definition) is 6. The van der Waals surface area contributed by atoms with Crippen LogP contribution in [0.4, 0.5) is 5.69 Å². The molecule has 1 aromatic carbocycles. The predicted octanol–water partition coefficient (Wildman–Crippen LogP) is 2.84. The lowest BCUT2D eigenvalue weighted by molar-refractivity contribution is -0.384. The van der Waals surface area contributed by atoms with Gasteiger partial charge in [-0.2, -0.15) is 0 Å². The van der Waals surface area contributed by atoms with Gasteiger partial charge in [-0.25, -0.2) is 0 Å². The summed E-state index contributed by atoms with van der Waals surface area (Å²) in [5.41, 5.74) is 1.07. The smallest absolute Gasteiger partial charge is 0.269 e. The van der Waals surface area contributed by atoms with Gasteiger partial charge in [-0.15, -0.1) is 0 Å². The lowest BCUT2D eigenvalue weighted by Gasteiger charge is -2.27. The van der Waals surface area contributed by atoms with E-state index >= 15 is 0 Å². The zero-order valence-electron chi connectivity index (χ0n) is 18.5. The molecule has 0 bridgehead atoms. The molecule has 10 heteroatoms. The molecule has 0 aliphatic heterocycles. The van der Waals surface area contributed by atoms with Crippen LogP contribution in [0.25, 0.3) is 0 Å². The van der Waals surface area contributed by atoms with Crippen molar-refractivity contribution in [2.24, 2.45) is 7.05 Å². The molecule has 3 rings (SSSR count). The summed E-state index contributed by atoms with van der Waals surface area (Å²) >= 11 is 0. The highest BCUT2D eigenvalue weighted by molar-refractivity contribution is 5.96.